The number of benzene rings is 9. The van der Waals surface area contributed by atoms with E-state index in [2.05, 4.69) is 174 Å². The van der Waals surface area contributed by atoms with Crippen molar-refractivity contribution < 1.29 is 25.5 Å². The van der Waals surface area contributed by atoms with Gasteiger partial charge in [0.15, 0.2) is 11.5 Å². The molecule has 9 aromatic carbocycles. The Morgan fingerprint density at radius 1 is 0.427 bits per heavy atom. The van der Waals surface area contributed by atoms with Crippen LogP contribution in [0.4, 0.5) is 34.1 Å². The first kappa shape index (κ1) is 50.7. The highest BCUT2D eigenvalue weighted by molar-refractivity contribution is 5.92. The highest BCUT2D eigenvalue weighted by Gasteiger charge is 2.37. The van der Waals surface area contributed by atoms with Gasteiger partial charge in [-0.1, -0.05) is 205 Å². The minimum absolute atomic E-state index is 0.244. The maximum atomic E-state index is 11.3. The molecule has 0 heterocycles. The highest BCUT2D eigenvalue weighted by atomic mass is 16.4. The Balaban J connectivity index is 0.000000564. The minimum Gasteiger partial charge on any atom is -0.503 e. The van der Waals surface area contributed by atoms with E-state index in [-0.39, 0.29) is 16.5 Å². The maximum Gasteiger partial charge on any atom is 0.208 e. The lowest BCUT2D eigenvalue weighted by molar-refractivity contribution is 0.329. The molecule has 0 radical (unpaired) electrons. The number of phenolic OH excluding ortho intramolecular Hbond substituents is 5. The monoisotopic (exact) mass is 986 g/mol. The van der Waals surface area contributed by atoms with Gasteiger partial charge < -0.3 is 35.3 Å². The molecule has 7 heteroatoms. The molecule has 7 nitrogen and oxygen atoms in total. The number of rotatable bonds is 11. The van der Waals surface area contributed by atoms with E-state index in [0.717, 1.165) is 67.1 Å². The van der Waals surface area contributed by atoms with Gasteiger partial charge in [-0.3, -0.25) is 0 Å². The summed E-state index contributed by atoms with van der Waals surface area (Å²) in [4.78, 5) is 3.81. The van der Waals surface area contributed by atoms with E-state index < -0.39 is 28.7 Å². The zero-order chi connectivity index (χ0) is 53.0. The van der Waals surface area contributed by atoms with Gasteiger partial charge in [0.05, 0.1) is 0 Å². The van der Waals surface area contributed by atoms with E-state index in [1.807, 2.05) is 97.1 Å². The van der Waals surface area contributed by atoms with E-state index in [4.69, 9.17) is 0 Å². The molecular weight excluding hydrogens is 925 g/mol. The summed E-state index contributed by atoms with van der Waals surface area (Å²) in [7, 11) is 0. The molecule has 0 fully saturated rings. The molecule has 0 amide bonds. The average molecular weight is 987 g/mol. The predicted molar refractivity (Wildman–Crippen MR) is 311 cm³/mol. The number of nitrogens with zero attached hydrogens (tertiary/aromatic N) is 2. The van der Waals surface area contributed by atoms with Crippen LogP contribution >= 0.6 is 0 Å². The van der Waals surface area contributed by atoms with E-state index in [1.165, 1.54) is 11.1 Å². The average Bonchev–Trinajstić information content (AvgIpc) is 3.67. The first-order chi connectivity index (χ1) is 36.1. The summed E-state index contributed by atoms with van der Waals surface area (Å²) in [5.41, 5.74) is 15.9. The molecule has 1 aliphatic carbocycles. The number of phenols is 5. The topological polar surface area (TPSA) is 108 Å². The zero-order valence-electron chi connectivity index (χ0n) is 43.2. The lowest BCUT2D eigenvalue weighted by atomic mass is 9.82. The Labute approximate surface area is 440 Å². The van der Waals surface area contributed by atoms with Crippen LogP contribution in [0, 0.1) is 5.41 Å². The summed E-state index contributed by atoms with van der Waals surface area (Å²) < 4.78 is 0. The molecule has 0 aromatic heterocycles. The number of hydrogen-bond donors (Lipinski definition) is 5. The van der Waals surface area contributed by atoms with Crippen molar-refractivity contribution in [3.05, 3.63) is 248 Å². The molecule has 9 aromatic rings. The van der Waals surface area contributed by atoms with Crippen molar-refractivity contribution in [2.24, 2.45) is 5.41 Å². The van der Waals surface area contributed by atoms with E-state index in [9.17, 15) is 25.5 Å². The molecule has 75 heavy (non-hydrogen) atoms. The third-order valence-electron chi connectivity index (χ3n) is 14.0. The quantitative estimate of drug-likeness (QED) is 0.0499. The number of allylic oxidation sites excluding steroid dienone is 5. The van der Waals surface area contributed by atoms with E-state index >= 15 is 0 Å². The molecule has 0 saturated carbocycles. The lowest BCUT2D eigenvalue weighted by Crippen LogP contribution is -2.16. The van der Waals surface area contributed by atoms with Gasteiger partial charge in [0.25, 0.3) is 0 Å². The fraction of sp³-hybridized carbons (Fsp3) is 0.118. The van der Waals surface area contributed by atoms with Gasteiger partial charge in [-0.05, 0) is 134 Å². The lowest BCUT2D eigenvalue weighted by Gasteiger charge is -2.29. The molecule has 1 aliphatic rings. The molecule has 374 valence electrons. The molecule has 0 atom stereocenters. The summed E-state index contributed by atoms with van der Waals surface area (Å²) in [5.74, 6) is -4.49. The number of hydrogen-bond acceptors (Lipinski definition) is 7. The van der Waals surface area contributed by atoms with Crippen LogP contribution in [-0.2, 0) is 5.41 Å². The van der Waals surface area contributed by atoms with Gasteiger partial charge in [0, 0.05) is 33.9 Å². The van der Waals surface area contributed by atoms with Gasteiger partial charge in [0.1, 0.15) is 5.69 Å². The van der Waals surface area contributed by atoms with Crippen molar-refractivity contribution in [1.82, 2.24) is 0 Å². The Morgan fingerprint density at radius 3 is 1.20 bits per heavy atom. The molecule has 0 bridgehead atoms. The van der Waals surface area contributed by atoms with Crippen LogP contribution in [-0.4, -0.2) is 25.5 Å². The van der Waals surface area contributed by atoms with Crippen LogP contribution in [0.5, 0.6) is 28.7 Å². The Kier molecular flexibility index (Phi) is 14.3. The van der Waals surface area contributed by atoms with E-state index in [1.54, 1.807) is 11.0 Å². The molecule has 0 unspecified atom stereocenters. The van der Waals surface area contributed by atoms with Crippen molar-refractivity contribution >= 4 is 34.1 Å². The van der Waals surface area contributed by atoms with Gasteiger partial charge in [0.2, 0.25) is 17.2 Å². The third-order valence-corrected chi connectivity index (χ3v) is 14.0. The van der Waals surface area contributed by atoms with Crippen molar-refractivity contribution in [2.45, 2.75) is 47.0 Å². The summed E-state index contributed by atoms with van der Waals surface area (Å²) in [6, 6.07) is 68.0. The second-order valence-corrected chi connectivity index (χ2v) is 20.2. The smallest absolute Gasteiger partial charge is 0.208 e. The summed E-state index contributed by atoms with van der Waals surface area (Å²) >= 11 is 0. The zero-order valence-corrected chi connectivity index (χ0v) is 43.2. The molecule has 0 aliphatic heterocycles. The van der Waals surface area contributed by atoms with E-state index in [0.29, 0.717) is 11.4 Å². The van der Waals surface area contributed by atoms with Crippen LogP contribution in [0.1, 0.15) is 52.7 Å². The largest absolute Gasteiger partial charge is 0.503 e. The first-order valence-corrected chi connectivity index (χ1v) is 25.1. The van der Waals surface area contributed by atoms with Gasteiger partial charge in [-0.2, -0.15) is 0 Å². The Hall–Kier alpha value is -9.20. The van der Waals surface area contributed by atoms with Gasteiger partial charge in [-0.25, -0.2) is 0 Å². The second-order valence-electron chi connectivity index (χ2n) is 20.2. The summed E-state index contributed by atoms with van der Waals surface area (Å²) in [6.07, 6.45) is 8.02. The summed E-state index contributed by atoms with van der Waals surface area (Å²) in [5, 5.41) is 54.3. The van der Waals surface area contributed by atoms with Crippen molar-refractivity contribution in [3.63, 3.8) is 0 Å². The molecular formula is C68H62N2O5. The fourth-order valence-electron chi connectivity index (χ4n) is 9.99. The minimum atomic E-state index is -1.02. The standard InChI is InChI=1S/C57H44N2O5.C11H18/c1-57(2)49-16-10-9-15-47(49)48-34-33-46(35-50(48)57)59(51-52(60)54(62)56(64)55(63)53(51)61)45-31-23-41(24-32-45)40-21-29-44(30-22-40)58(42-25-17-38(18-26-42)36-11-5-3-6-12-36)43-27-19-39(20-28-43)37-13-7-4-8-14-37;1-6-8-9-10(7-2)11(3,4)5/h3-35,60-64H,1-2H3;6-9H,1H2,2-5H3/b;9-8-,10-7+. The highest BCUT2D eigenvalue weighted by Crippen LogP contribution is 2.59. The van der Waals surface area contributed by atoms with Crippen LogP contribution in [0.2, 0.25) is 0 Å². The Morgan fingerprint density at radius 2 is 0.787 bits per heavy atom. The molecule has 10 rings (SSSR count). The number of fused-ring (bicyclic) bond motifs is 3. The van der Waals surface area contributed by atoms with Crippen LogP contribution in [0.3, 0.4) is 0 Å². The molecule has 0 spiro atoms. The van der Waals surface area contributed by atoms with Crippen LogP contribution in [0.25, 0.3) is 44.5 Å². The normalized spacial score (nSPS) is 12.6. The number of aromatic hydroxyl groups is 5. The maximum absolute atomic E-state index is 11.3. The van der Waals surface area contributed by atoms with Crippen molar-refractivity contribution in [1.29, 1.82) is 0 Å². The van der Waals surface area contributed by atoms with Crippen molar-refractivity contribution in [2.75, 3.05) is 9.80 Å². The van der Waals surface area contributed by atoms with Crippen LogP contribution in [0.15, 0.2) is 237 Å². The third kappa shape index (κ3) is 10.1. The SMILES string of the molecule is C=C/C=C\C(=C/C)C(C)(C)C.CC1(C)c2ccccc2-c2ccc(N(c3ccc(-c4ccc(N(c5ccc(-c6ccccc6)cc5)c5ccc(-c6ccccc6)cc5)cc4)cc3)c3c(O)c(O)c(O)c(O)c3O)cc21. The number of anilines is 6. The van der Waals surface area contributed by atoms with Gasteiger partial charge >= 0.3 is 0 Å². The fourth-order valence-corrected chi connectivity index (χ4v) is 9.99. The Bertz CT molecular complexity index is 3430. The van der Waals surface area contributed by atoms with Crippen molar-refractivity contribution in [3.8, 4) is 73.3 Å². The molecule has 0 saturated heterocycles. The van der Waals surface area contributed by atoms with Gasteiger partial charge in [-0.15, -0.1) is 0 Å². The predicted octanol–water partition coefficient (Wildman–Crippen LogP) is 18.2. The molecule has 5 N–H and O–H groups in total. The van der Waals surface area contributed by atoms with Crippen LogP contribution < -0.4 is 9.80 Å². The second kappa shape index (κ2) is 21.1. The summed E-state index contributed by atoms with van der Waals surface area (Å²) in [6.45, 7) is 16.6. The first-order valence-electron chi connectivity index (χ1n) is 25.1.